The molecule has 0 saturated heterocycles. The number of hydrogen-bond acceptors (Lipinski definition) is 6. The van der Waals surface area contributed by atoms with Crippen LogP contribution in [-0.4, -0.2) is 37.1 Å². The number of thiophene rings is 1. The molecule has 0 atom stereocenters. The summed E-state index contributed by atoms with van der Waals surface area (Å²) in [5, 5.41) is 21.1. The average molecular weight is 514 g/mol. The maximum atomic E-state index is 11.8. The highest BCUT2D eigenvalue weighted by Crippen LogP contribution is 2.26. The Morgan fingerprint density at radius 1 is 0.811 bits per heavy atom. The van der Waals surface area contributed by atoms with E-state index in [0.717, 1.165) is 12.0 Å². The van der Waals surface area contributed by atoms with Crippen LogP contribution in [0, 0.1) is 0 Å². The van der Waals surface area contributed by atoms with Crippen LogP contribution in [0.25, 0.3) is 34.9 Å². The number of aryl methyl sites for hydroxylation is 1. The molecule has 0 bridgehead atoms. The summed E-state index contributed by atoms with van der Waals surface area (Å²) >= 11 is 1.71. The fraction of sp³-hybridized carbons (Fsp3) is 0.207. The van der Waals surface area contributed by atoms with Crippen molar-refractivity contribution in [3.63, 3.8) is 0 Å². The smallest absolute Gasteiger partial charge is 0.335 e. The largest absolute Gasteiger partial charge is 0.478 e. The van der Waals surface area contributed by atoms with Gasteiger partial charge in [0.2, 0.25) is 0 Å². The quantitative estimate of drug-likeness (QED) is 0.208. The highest BCUT2D eigenvalue weighted by molar-refractivity contribution is 7.11. The Hall–Kier alpha value is -4.17. The monoisotopic (exact) mass is 513 g/mol. The van der Waals surface area contributed by atoms with Crippen molar-refractivity contribution in [1.29, 1.82) is 0 Å². The van der Waals surface area contributed by atoms with Gasteiger partial charge in [0.15, 0.2) is 0 Å². The van der Waals surface area contributed by atoms with Crippen LogP contribution in [0.4, 0.5) is 0 Å². The number of carboxylic acids is 2. The van der Waals surface area contributed by atoms with E-state index in [1.54, 1.807) is 17.5 Å². The van der Waals surface area contributed by atoms with Crippen LogP contribution < -0.4 is 0 Å². The average Bonchev–Trinajstić information content (AvgIpc) is 3.37. The van der Waals surface area contributed by atoms with Gasteiger partial charge in [-0.25, -0.2) is 14.6 Å². The molecule has 188 valence electrons. The van der Waals surface area contributed by atoms with E-state index >= 15 is 0 Å². The Balaban J connectivity index is 1.63. The first-order chi connectivity index (χ1) is 17.9. The molecule has 0 saturated carbocycles. The molecular weight excluding hydrogens is 486 g/mol. The summed E-state index contributed by atoms with van der Waals surface area (Å²) in [7, 11) is 0. The van der Waals surface area contributed by atoms with Gasteiger partial charge in [-0.15, -0.1) is 11.3 Å². The van der Waals surface area contributed by atoms with E-state index in [0.29, 0.717) is 11.4 Å². The molecule has 0 aromatic carbocycles. The lowest BCUT2D eigenvalue weighted by molar-refractivity contribution is 0.0686. The number of aromatic carboxylic acids is 2. The lowest BCUT2D eigenvalue weighted by Gasteiger charge is -2.08. The maximum Gasteiger partial charge on any atom is 0.335 e. The maximum absolute atomic E-state index is 11.8. The van der Waals surface area contributed by atoms with Gasteiger partial charge in [0.25, 0.3) is 0 Å². The summed E-state index contributed by atoms with van der Waals surface area (Å²) in [4.78, 5) is 37.6. The third-order valence-corrected chi connectivity index (χ3v) is 6.82. The van der Waals surface area contributed by atoms with Crippen molar-refractivity contribution in [2.45, 2.75) is 39.0 Å². The Morgan fingerprint density at radius 3 is 2.19 bits per heavy atom. The molecule has 0 radical (unpaired) electrons. The second-order valence-corrected chi connectivity index (χ2v) is 9.54. The molecule has 7 nitrogen and oxygen atoms in total. The summed E-state index contributed by atoms with van der Waals surface area (Å²) in [6.45, 7) is 2.21. The van der Waals surface area contributed by atoms with Gasteiger partial charge in [-0.3, -0.25) is 9.97 Å². The molecule has 4 aromatic rings. The lowest BCUT2D eigenvalue weighted by Crippen LogP contribution is -2.02. The number of unbranched alkanes of at least 4 members (excludes halogenated alkanes) is 3. The SMILES string of the molecule is CCCCCCc1ccsc1/C=C/c1ccnc(-c2cc(C(=O)O)cc(-c3cc(C(=O)O)ccn3)n2)c1. The Labute approximate surface area is 219 Å². The van der Waals surface area contributed by atoms with Crippen molar-refractivity contribution in [2.75, 3.05) is 0 Å². The lowest BCUT2D eigenvalue weighted by atomic mass is 10.1. The predicted molar refractivity (Wildman–Crippen MR) is 146 cm³/mol. The third-order valence-electron chi connectivity index (χ3n) is 5.90. The van der Waals surface area contributed by atoms with Crippen LogP contribution in [-0.2, 0) is 6.42 Å². The number of hydrogen-bond donors (Lipinski definition) is 2. The summed E-state index contributed by atoms with van der Waals surface area (Å²) in [6.07, 6.45) is 13.1. The molecule has 4 rings (SSSR count). The number of aromatic nitrogens is 3. The van der Waals surface area contributed by atoms with E-state index in [1.807, 2.05) is 18.2 Å². The predicted octanol–water partition coefficient (Wildman–Crippen LogP) is 6.96. The zero-order chi connectivity index (χ0) is 26.2. The van der Waals surface area contributed by atoms with E-state index in [9.17, 15) is 19.8 Å². The molecule has 2 N–H and O–H groups in total. The highest BCUT2D eigenvalue weighted by Gasteiger charge is 2.14. The van der Waals surface area contributed by atoms with Crippen LogP contribution in [0.3, 0.4) is 0 Å². The second-order valence-electron chi connectivity index (χ2n) is 8.59. The standard InChI is InChI=1S/C29H27N3O4S/c1-2-3-4-5-6-20-11-14-37-27(20)8-7-19-9-12-30-23(15-19)25-17-22(29(35)36)18-26(32-25)24-16-21(28(33)34)10-13-31-24/h7-18H,2-6H2,1H3,(H,33,34)(H,35,36)/b8-7+. The molecule has 4 heterocycles. The Kier molecular flexibility index (Phi) is 8.53. The molecule has 37 heavy (non-hydrogen) atoms. The number of rotatable bonds is 11. The molecule has 0 aliphatic carbocycles. The molecule has 0 spiro atoms. The minimum atomic E-state index is -1.13. The van der Waals surface area contributed by atoms with Crippen LogP contribution in [0.1, 0.15) is 69.3 Å². The summed E-state index contributed by atoms with van der Waals surface area (Å²) in [5.41, 5.74) is 3.70. The van der Waals surface area contributed by atoms with Crippen molar-refractivity contribution in [3.05, 3.63) is 87.4 Å². The molecular formula is C29H27N3O4S. The molecule has 8 heteroatoms. The minimum absolute atomic E-state index is 0.0107. The van der Waals surface area contributed by atoms with Crippen molar-refractivity contribution in [3.8, 4) is 22.8 Å². The van der Waals surface area contributed by atoms with E-state index in [-0.39, 0.29) is 22.5 Å². The van der Waals surface area contributed by atoms with Gasteiger partial charge in [0, 0.05) is 17.3 Å². The molecule has 0 aliphatic heterocycles. The van der Waals surface area contributed by atoms with Crippen molar-refractivity contribution in [2.24, 2.45) is 0 Å². The van der Waals surface area contributed by atoms with E-state index < -0.39 is 11.9 Å². The van der Waals surface area contributed by atoms with Gasteiger partial charge in [0.05, 0.1) is 33.9 Å². The zero-order valence-corrected chi connectivity index (χ0v) is 21.2. The van der Waals surface area contributed by atoms with Gasteiger partial charge in [0.1, 0.15) is 0 Å². The summed E-state index contributed by atoms with van der Waals surface area (Å²) < 4.78 is 0. The van der Waals surface area contributed by atoms with E-state index in [4.69, 9.17) is 0 Å². The Morgan fingerprint density at radius 2 is 1.49 bits per heavy atom. The fourth-order valence-electron chi connectivity index (χ4n) is 3.93. The number of carboxylic acid groups (broad SMARTS) is 2. The van der Waals surface area contributed by atoms with Gasteiger partial charge in [-0.1, -0.05) is 32.3 Å². The topological polar surface area (TPSA) is 113 Å². The number of pyridine rings is 3. The molecule has 0 amide bonds. The van der Waals surface area contributed by atoms with Crippen molar-refractivity contribution in [1.82, 2.24) is 15.0 Å². The van der Waals surface area contributed by atoms with Crippen molar-refractivity contribution >= 4 is 35.4 Å². The number of nitrogens with zero attached hydrogens (tertiary/aromatic N) is 3. The first kappa shape index (κ1) is 25.9. The Bertz CT molecular complexity index is 1440. The van der Waals surface area contributed by atoms with Gasteiger partial charge < -0.3 is 10.2 Å². The number of carbonyl (C=O) groups is 2. The fourth-order valence-corrected chi connectivity index (χ4v) is 4.77. The van der Waals surface area contributed by atoms with Crippen LogP contribution in [0.2, 0.25) is 0 Å². The van der Waals surface area contributed by atoms with Gasteiger partial charge in [-0.2, -0.15) is 0 Å². The third kappa shape index (κ3) is 6.74. The minimum Gasteiger partial charge on any atom is -0.478 e. The van der Waals surface area contributed by atoms with Crippen LogP contribution in [0.15, 0.2) is 60.2 Å². The highest BCUT2D eigenvalue weighted by atomic mass is 32.1. The van der Waals surface area contributed by atoms with E-state index in [2.05, 4.69) is 39.4 Å². The van der Waals surface area contributed by atoms with Gasteiger partial charge in [-0.05, 0) is 77.9 Å². The summed E-state index contributed by atoms with van der Waals surface area (Å²) in [6, 6.07) is 11.5. The molecule has 0 unspecified atom stereocenters. The molecule has 0 aliphatic rings. The zero-order valence-electron chi connectivity index (χ0n) is 20.4. The van der Waals surface area contributed by atoms with E-state index in [1.165, 1.54) is 66.6 Å². The first-order valence-corrected chi connectivity index (χ1v) is 13.0. The molecule has 4 aromatic heterocycles. The molecule has 0 fully saturated rings. The second kappa shape index (κ2) is 12.2. The van der Waals surface area contributed by atoms with Crippen molar-refractivity contribution < 1.29 is 19.8 Å². The summed E-state index contributed by atoms with van der Waals surface area (Å²) in [5.74, 6) is -2.23. The van der Waals surface area contributed by atoms with Gasteiger partial charge >= 0.3 is 11.9 Å². The first-order valence-electron chi connectivity index (χ1n) is 12.1. The van der Waals surface area contributed by atoms with Crippen LogP contribution in [0.5, 0.6) is 0 Å². The van der Waals surface area contributed by atoms with Crippen LogP contribution >= 0.6 is 11.3 Å². The normalized spacial score (nSPS) is 11.2.